The van der Waals surface area contributed by atoms with Gasteiger partial charge in [-0.3, -0.25) is 14.5 Å². The van der Waals surface area contributed by atoms with E-state index in [9.17, 15) is 24.7 Å². The summed E-state index contributed by atoms with van der Waals surface area (Å²) in [6, 6.07) is -1.00. The van der Waals surface area contributed by atoms with Crippen LogP contribution in [0.15, 0.2) is 45.8 Å². The molecule has 1 saturated heterocycles. The number of aryl methyl sites for hydroxylation is 1. The molecule has 0 aromatic carbocycles. The van der Waals surface area contributed by atoms with E-state index in [1.807, 2.05) is 33.9 Å². The fourth-order valence-corrected chi connectivity index (χ4v) is 6.65. The number of carbonyl (C=O) groups is 3. The predicted molar refractivity (Wildman–Crippen MR) is 127 cm³/mol. The largest absolute Gasteiger partial charge is 0.543 e. The Bertz CT molecular complexity index is 1470. The first-order valence-corrected chi connectivity index (χ1v) is 12.9. The van der Waals surface area contributed by atoms with Crippen molar-refractivity contribution in [3.63, 3.8) is 0 Å². The highest BCUT2D eigenvalue weighted by Gasteiger charge is 2.53. The minimum Gasteiger partial charge on any atom is -0.543 e. The molecule has 180 valence electrons. The molecule has 2 amide bonds. The maximum absolute atomic E-state index is 12.9. The summed E-state index contributed by atoms with van der Waals surface area (Å²) in [5, 5.41) is 29.6. The van der Waals surface area contributed by atoms with Crippen LogP contribution in [0.1, 0.15) is 11.4 Å². The van der Waals surface area contributed by atoms with E-state index in [4.69, 9.17) is 5.73 Å². The third kappa shape index (κ3) is 3.96. The number of hydrogen-bond acceptors (Lipinski definition) is 11. The lowest BCUT2D eigenvalue weighted by Crippen LogP contribution is -2.71. The number of oxime groups is 1. The zero-order chi connectivity index (χ0) is 24.9. The molecule has 0 radical (unpaired) electrons. The minimum absolute atomic E-state index is 0.0639. The van der Waals surface area contributed by atoms with Gasteiger partial charge in [0, 0.05) is 16.5 Å². The second-order valence-electron chi connectivity index (χ2n) is 7.65. The molecule has 2 aliphatic heterocycles. The summed E-state index contributed by atoms with van der Waals surface area (Å²) >= 11 is 3.92. The Hall–Kier alpha value is -3.69. The van der Waals surface area contributed by atoms with Gasteiger partial charge in [0.15, 0.2) is 10.8 Å². The number of β-lactam (4-membered cyclic amide) rings is 1. The molecule has 2 atom stereocenters. The van der Waals surface area contributed by atoms with Gasteiger partial charge >= 0.3 is 0 Å². The molecular formula is C20H17N7O5S3. The van der Waals surface area contributed by atoms with Crippen LogP contribution >= 0.6 is 34.4 Å². The number of carboxylic acids is 1. The lowest BCUT2D eigenvalue weighted by Gasteiger charge is -2.50. The molecule has 12 nitrogen and oxygen atoms in total. The number of allylic oxidation sites excluding steroid dienone is 1. The van der Waals surface area contributed by atoms with Crippen LogP contribution < -0.4 is 20.6 Å². The van der Waals surface area contributed by atoms with Crippen LogP contribution in [0.5, 0.6) is 0 Å². The van der Waals surface area contributed by atoms with Crippen molar-refractivity contribution in [1.29, 1.82) is 0 Å². The molecule has 4 N–H and O–H groups in total. The van der Waals surface area contributed by atoms with Crippen molar-refractivity contribution in [2.24, 2.45) is 12.2 Å². The molecule has 3 aromatic rings. The molecule has 15 heteroatoms. The number of fused-ring (bicyclic) bond motifs is 2. The molecular weight excluding hydrogens is 514 g/mol. The molecule has 2 aliphatic rings. The molecule has 5 heterocycles. The summed E-state index contributed by atoms with van der Waals surface area (Å²) in [6.45, 7) is 0. The highest BCUT2D eigenvalue weighted by atomic mass is 32.2. The van der Waals surface area contributed by atoms with Crippen molar-refractivity contribution in [2.75, 3.05) is 11.5 Å². The summed E-state index contributed by atoms with van der Waals surface area (Å²) < 4.78 is 3.88. The van der Waals surface area contributed by atoms with Crippen molar-refractivity contribution in [3.8, 4) is 0 Å². The highest BCUT2D eigenvalue weighted by Crippen LogP contribution is 2.40. The van der Waals surface area contributed by atoms with Gasteiger partial charge in [0.05, 0.1) is 18.7 Å². The number of rotatable bonds is 6. The van der Waals surface area contributed by atoms with E-state index in [2.05, 4.69) is 15.5 Å². The monoisotopic (exact) mass is 531 g/mol. The van der Waals surface area contributed by atoms with Crippen molar-refractivity contribution in [2.45, 2.75) is 11.4 Å². The van der Waals surface area contributed by atoms with E-state index in [0.29, 0.717) is 5.57 Å². The van der Waals surface area contributed by atoms with E-state index in [0.717, 1.165) is 26.8 Å². The van der Waals surface area contributed by atoms with Crippen LogP contribution in [-0.4, -0.2) is 60.3 Å². The number of hydrogen-bond donors (Lipinski definition) is 3. The van der Waals surface area contributed by atoms with Crippen LogP contribution in [0.2, 0.25) is 0 Å². The maximum atomic E-state index is 12.9. The number of thioether (sulfide) groups is 1. The fraction of sp³-hybridized carbons (Fsp3) is 0.200. The number of amides is 2. The van der Waals surface area contributed by atoms with E-state index >= 15 is 0 Å². The first-order valence-electron chi connectivity index (χ1n) is 10.0. The van der Waals surface area contributed by atoms with Gasteiger partial charge < -0.3 is 26.2 Å². The second-order valence-corrected chi connectivity index (χ2v) is 10.5. The summed E-state index contributed by atoms with van der Waals surface area (Å²) in [7, 11) is 1.91. The van der Waals surface area contributed by atoms with Crippen molar-refractivity contribution in [1.82, 2.24) is 19.8 Å². The first kappa shape index (κ1) is 23.1. The number of aromatic nitrogens is 3. The van der Waals surface area contributed by atoms with E-state index in [1.165, 1.54) is 17.1 Å². The van der Waals surface area contributed by atoms with Crippen LogP contribution in [0.3, 0.4) is 0 Å². The third-order valence-corrected chi connectivity index (χ3v) is 8.32. The highest BCUT2D eigenvalue weighted by molar-refractivity contribution is 8.00. The van der Waals surface area contributed by atoms with Gasteiger partial charge in [-0.05, 0) is 11.6 Å². The number of thiazole rings is 2. The Morgan fingerprint density at radius 3 is 2.86 bits per heavy atom. The lowest BCUT2D eigenvalue weighted by atomic mass is 10.0. The van der Waals surface area contributed by atoms with Gasteiger partial charge in [-0.1, -0.05) is 22.6 Å². The molecule has 0 aliphatic carbocycles. The van der Waals surface area contributed by atoms with Crippen molar-refractivity contribution < 1.29 is 29.1 Å². The van der Waals surface area contributed by atoms with Gasteiger partial charge in [0.25, 0.3) is 11.8 Å². The molecule has 0 saturated carbocycles. The Morgan fingerprint density at radius 1 is 1.37 bits per heavy atom. The quantitative estimate of drug-likeness (QED) is 0.122. The molecule has 0 spiro atoms. The number of anilines is 1. The summed E-state index contributed by atoms with van der Waals surface area (Å²) in [5.74, 6) is -2.63. The zero-order valence-electron chi connectivity index (χ0n) is 17.9. The molecule has 0 unspecified atom stereocenters. The Morgan fingerprint density at radius 2 is 2.17 bits per heavy atom. The van der Waals surface area contributed by atoms with Gasteiger partial charge in [0.1, 0.15) is 29.0 Å². The number of nitrogen functional groups attached to an aromatic ring is 1. The SMILES string of the molecule is Cn1cc2scc(C=CC3=C(C(=O)[O-])N4C(=O)[C@@H](NC(=O)/C(=N\O)c5csc(N)n5)[C@H]4SC3)[n+]2c1. The Labute approximate surface area is 209 Å². The first-order chi connectivity index (χ1) is 16.8. The third-order valence-electron chi connectivity index (χ3n) is 5.44. The van der Waals surface area contributed by atoms with Crippen LogP contribution in [-0.2, 0) is 21.4 Å². The molecule has 0 bridgehead atoms. The predicted octanol–water partition coefficient (Wildman–Crippen LogP) is -0.840. The number of imidazole rings is 1. The number of aliphatic carboxylic acids is 1. The normalized spacial score (nSPS) is 20.4. The average Bonchev–Trinajstić information content (AvgIpc) is 3.51. The summed E-state index contributed by atoms with van der Waals surface area (Å²) in [6.07, 6.45) is 7.33. The minimum atomic E-state index is -1.48. The van der Waals surface area contributed by atoms with Gasteiger partial charge in [0.2, 0.25) is 11.2 Å². The maximum Gasteiger partial charge on any atom is 0.276 e. The average molecular weight is 532 g/mol. The second kappa shape index (κ2) is 8.83. The van der Waals surface area contributed by atoms with Crippen molar-refractivity contribution in [3.05, 3.63) is 52.0 Å². The number of nitrogens with two attached hydrogens (primary N) is 1. The topological polar surface area (TPSA) is 170 Å². The smallest absolute Gasteiger partial charge is 0.276 e. The number of carbonyl (C=O) groups excluding carboxylic acids is 3. The molecule has 5 rings (SSSR count). The van der Waals surface area contributed by atoms with E-state index < -0.39 is 34.9 Å². The Balaban J connectivity index is 1.36. The van der Waals surface area contributed by atoms with Gasteiger partial charge in [-0.15, -0.1) is 23.1 Å². The number of nitrogens with one attached hydrogen (secondary N) is 1. The molecule has 3 aromatic heterocycles. The van der Waals surface area contributed by atoms with Crippen molar-refractivity contribution >= 4 is 74.0 Å². The zero-order valence-corrected chi connectivity index (χ0v) is 20.4. The fourth-order valence-electron chi connectivity index (χ4n) is 3.85. The van der Waals surface area contributed by atoms with Crippen LogP contribution in [0.25, 0.3) is 10.9 Å². The van der Waals surface area contributed by atoms with Gasteiger partial charge in [-0.25, -0.2) is 9.55 Å². The summed E-state index contributed by atoms with van der Waals surface area (Å²) in [4.78, 5) is 43.5. The van der Waals surface area contributed by atoms with Gasteiger partial charge in [-0.2, -0.15) is 4.40 Å². The van der Waals surface area contributed by atoms with Crippen LogP contribution in [0, 0.1) is 0 Å². The number of carboxylic acid groups (broad SMARTS) is 1. The van der Waals surface area contributed by atoms with Crippen LogP contribution in [0.4, 0.5) is 5.13 Å². The molecule has 1 fully saturated rings. The van der Waals surface area contributed by atoms with E-state index in [-0.39, 0.29) is 22.3 Å². The standard InChI is InChI=1S/C20H17N7O5S3/c1-25-4-12-26(8-25)10(6-33-12)3-2-9-5-34-18-14(17(29)27(18)15(9)19(30)31)23-16(28)13(24-32)11-7-35-20(21)22-11/h2-4,6-8,14,18H,5H2,1H3,(H4-,21,22,23,28,30,31,32)/t14-,18-/m1/s1. The Kier molecular flexibility index (Phi) is 5.82. The summed E-state index contributed by atoms with van der Waals surface area (Å²) in [5.41, 5.74) is 6.29. The lowest BCUT2D eigenvalue weighted by molar-refractivity contribution is -0.510. The van der Waals surface area contributed by atoms with E-state index in [1.54, 1.807) is 23.5 Å². The number of nitrogens with zero attached hydrogens (tertiary/aromatic N) is 5. The molecule has 35 heavy (non-hydrogen) atoms.